The van der Waals surface area contributed by atoms with Crippen molar-refractivity contribution < 1.29 is 8.78 Å². The molecule has 0 aliphatic rings. The van der Waals surface area contributed by atoms with Gasteiger partial charge >= 0.3 is 0 Å². The van der Waals surface area contributed by atoms with Crippen LogP contribution in [-0.2, 0) is 0 Å². The molecule has 0 saturated carbocycles. The minimum absolute atomic E-state index is 0.0360. The van der Waals surface area contributed by atoms with Crippen LogP contribution >= 0.6 is 11.6 Å². The highest BCUT2D eigenvalue weighted by atomic mass is 35.5. The SMILES string of the molecule is NCCCNCCCCNCCCNc1cc2nc(-c3cccc(Cl)c3F)[nH]c(=O)c2cc1F. The fraction of sp³-hybridized carbons (Fsp3) is 0.417. The molecule has 0 atom stereocenters. The van der Waals surface area contributed by atoms with Gasteiger partial charge < -0.3 is 26.7 Å². The van der Waals surface area contributed by atoms with Crippen LogP contribution in [0.25, 0.3) is 22.3 Å². The molecule has 1 aromatic heterocycles. The minimum Gasteiger partial charge on any atom is -0.383 e. The van der Waals surface area contributed by atoms with E-state index in [0.29, 0.717) is 13.1 Å². The summed E-state index contributed by atoms with van der Waals surface area (Å²) in [5.41, 5.74) is 5.48. The van der Waals surface area contributed by atoms with Crippen molar-refractivity contribution in [3.63, 3.8) is 0 Å². The number of unbranched alkanes of at least 4 members (excludes halogenated alkanes) is 1. The quantitative estimate of drug-likeness (QED) is 0.220. The van der Waals surface area contributed by atoms with Crippen LogP contribution in [-0.4, -0.2) is 49.2 Å². The Kier molecular flexibility index (Phi) is 10.2. The molecule has 0 fully saturated rings. The lowest BCUT2D eigenvalue weighted by atomic mass is 10.1. The average molecular weight is 493 g/mol. The Hall–Kier alpha value is -2.59. The Morgan fingerprint density at radius 2 is 1.68 bits per heavy atom. The molecule has 1 heterocycles. The largest absolute Gasteiger partial charge is 0.383 e. The molecule has 0 spiro atoms. The molecule has 0 bridgehead atoms. The number of rotatable bonds is 14. The third-order valence-electron chi connectivity index (χ3n) is 5.36. The van der Waals surface area contributed by atoms with Gasteiger partial charge in [-0.25, -0.2) is 13.8 Å². The number of nitrogens with one attached hydrogen (secondary N) is 4. The molecule has 0 unspecified atom stereocenters. The number of halogens is 3. The van der Waals surface area contributed by atoms with Crippen LogP contribution in [0.15, 0.2) is 35.1 Å². The van der Waals surface area contributed by atoms with E-state index in [1.807, 2.05) is 0 Å². The molecule has 7 nitrogen and oxygen atoms in total. The number of nitrogens with zero attached hydrogens (tertiary/aromatic N) is 1. The van der Waals surface area contributed by atoms with Crippen LogP contribution in [0, 0.1) is 11.6 Å². The van der Waals surface area contributed by atoms with Gasteiger partial charge in [-0.2, -0.15) is 0 Å². The van der Waals surface area contributed by atoms with Gasteiger partial charge in [-0.1, -0.05) is 17.7 Å². The zero-order valence-corrected chi connectivity index (χ0v) is 19.8. The standard InChI is InChI=1S/C24H31ClF2N6O/c25-18-7-3-6-16(22(18)27)23-32-20-15-21(19(26)14-17(20)24(34)33-23)31-13-5-12-30-10-2-1-9-29-11-4-8-28/h3,6-7,14-15,29-31H,1-2,4-5,8-13,28H2,(H,32,33,34). The van der Waals surface area contributed by atoms with Crippen molar-refractivity contribution >= 4 is 28.2 Å². The van der Waals surface area contributed by atoms with E-state index in [9.17, 15) is 13.6 Å². The van der Waals surface area contributed by atoms with E-state index >= 15 is 0 Å². The first-order valence-electron chi connectivity index (χ1n) is 11.5. The lowest BCUT2D eigenvalue weighted by Gasteiger charge is -2.10. The lowest BCUT2D eigenvalue weighted by Crippen LogP contribution is -2.22. The smallest absolute Gasteiger partial charge is 0.259 e. The first-order valence-corrected chi connectivity index (χ1v) is 11.9. The Morgan fingerprint density at radius 3 is 2.41 bits per heavy atom. The maximum Gasteiger partial charge on any atom is 0.259 e. The fourth-order valence-corrected chi connectivity index (χ4v) is 3.70. The third-order valence-corrected chi connectivity index (χ3v) is 5.65. The van der Waals surface area contributed by atoms with Crippen molar-refractivity contribution in [2.45, 2.75) is 25.7 Å². The molecular weight excluding hydrogens is 462 g/mol. The maximum absolute atomic E-state index is 14.5. The van der Waals surface area contributed by atoms with Crippen LogP contribution in [0.1, 0.15) is 25.7 Å². The molecule has 184 valence electrons. The molecule has 2 aromatic carbocycles. The first kappa shape index (κ1) is 26.0. The van der Waals surface area contributed by atoms with Crippen LogP contribution < -0.4 is 27.2 Å². The first-order chi connectivity index (χ1) is 16.5. The van der Waals surface area contributed by atoms with Crippen molar-refractivity contribution in [1.82, 2.24) is 20.6 Å². The van der Waals surface area contributed by atoms with Gasteiger partial charge in [0.05, 0.1) is 27.2 Å². The van der Waals surface area contributed by atoms with Gasteiger partial charge in [0.15, 0.2) is 5.82 Å². The predicted molar refractivity (Wildman–Crippen MR) is 134 cm³/mol. The minimum atomic E-state index is -0.678. The van der Waals surface area contributed by atoms with Crippen molar-refractivity contribution in [3.8, 4) is 11.4 Å². The van der Waals surface area contributed by atoms with Gasteiger partial charge in [0.25, 0.3) is 5.56 Å². The number of aromatic nitrogens is 2. The number of H-pyrrole nitrogens is 1. The van der Waals surface area contributed by atoms with Crippen molar-refractivity contribution in [2.75, 3.05) is 44.6 Å². The van der Waals surface area contributed by atoms with Gasteiger partial charge in [0.2, 0.25) is 0 Å². The van der Waals surface area contributed by atoms with E-state index in [4.69, 9.17) is 17.3 Å². The van der Waals surface area contributed by atoms with E-state index in [-0.39, 0.29) is 33.0 Å². The summed E-state index contributed by atoms with van der Waals surface area (Å²) in [5.74, 6) is -1.19. The van der Waals surface area contributed by atoms with Gasteiger partial charge in [-0.15, -0.1) is 0 Å². The Labute approximate surface area is 202 Å². The molecule has 6 N–H and O–H groups in total. The Morgan fingerprint density at radius 1 is 0.971 bits per heavy atom. The Bertz CT molecular complexity index is 1140. The molecule has 0 saturated heterocycles. The van der Waals surface area contributed by atoms with E-state index in [2.05, 4.69) is 25.9 Å². The van der Waals surface area contributed by atoms with Crippen LogP contribution in [0.4, 0.5) is 14.5 Å². The van der Waals surface area contributed by atoms with Crippen molar-refractivity contribution in [3.05, 3.63) is 57.3 Å². The van der Waals surface area contributed by atoms with Crippen LogP contribution in [0.3, 0.4) is 0 Å². The number of aromatic amines is 1. The molecule has 0 aliphatic carbocycles. The molecule has 34 heavy (non-hydrogen) atoms. The zero-order chi connectivity index (χ0) is 24.3. The molecule has 0 aliphatic heterocycles. The molecule has 3 aromatic rings. The van der Waals surface area contributed by atoms with Gasteiger partial charge in [-0.05, 0) is 82.7 Å². The topological polar surface area (TPSA) is 108 Å². The van der Waals surface area contributed by atoms with Gasteiger partial charge in [0, 0.05) is 6.54 Å². The Balaban J connectivity index is 1.52. The second kappa shape index (κ2) is 13.3. The highest BCUT2D eigenvalue weighted by Crippen LogP contribution is 2.26. The number of hydrogen-bond acceptors (Lipinski definition) is 6. The second-order valence-electron chi connectivity index (χ2n) is 7.99. The number of fused-ring (bicyclic) bond motifs is 1. The van der Waals surface area contributed by atoms with Crippen LogP contribution in [0.2, 0.25) is 5.02 Å². The second-order valence-corrected chi connectivity index (χ2v) is 8.40. The van der Waals surface area contributed by atoms with E-state index in [0.717, 1.165) is 57.9 Å². The summed E-state index contributed by atoms with van der Waals surface area (Å²) in [6.45, 7) is 4.95. The summed E-state index contributed by atoms with van der Waals surface area (Å²) in [7, 11) is 0. The summed E-state index contributed by atoms with van der Waals surface area (Å²) in [5, 5.41) is 9.79. The molecular formula is C24H31ClF2N6O. The van der Waals surface area contributed by atoms with Crippen LogP contribution in [0.5, 0.6) is 0 Å². The van der Waals surface area contributed by atoms with E-state index in [1.165, 1.54) is 18.2 Å². The lowest BCUT2D eigenvalue weighted by molar-refractivity contribution is 0.571. The van der Waals surface area contributed by atoms with E-state index < -0.39 is 17.2 Å². The molecule has 10 heteroatoms. The van der Waals surface area contributed by atoms with Gasteiger partial charge in [0.1, 0.15) is 11.6 Å². The summed E-state index contributed by atoms with van der Waals surface area (Å²) >= 11 is 5.84. The van der Waals surface area contributed by atoms with Gasteiger partial charge in [-0.3, -0.25) is 4.79 Å². The number of hydrogen-bond donors (Lipinski definition) is 5. The molecule has 0 radical (unpaired) electrons. The monoisotopic (exact) mass is 492 g/mol. The van der Waals surface area contributed by atoms with E-state index in [1.54, 1.807) is 6.07 Å². The summed E-state index contributed by atoms with van der Waals surface area (Å²) < 4.78 is 28.9. The highest BCUT2D eigenvalue weighted by molar-refractivity contribution is 6.31. The summed E-state index contributed by atoms with van der Waals surface area (Å²) in [6, 6.07) is 7.06. The zero-order valence-electron chi connectivity index (χ0n) is 19.0. The number of anilines is 1. The van der Waals surface area contributed by atoms with Crippen molar-refractivity contribution in [1.29, 1.82) is 0 Å². The third kappa shape index (κ3) is 7.20. The summed E-state index contributed by atoms with van der Waals surface area (Å²) in [6.07, 6.45) is 3.98. The normalized spacial score (nSPS) is 11.3. The summed E-state index contributed by atoms with van der Waals surface area (Å²) in [4.78, 5) is 19.3. The average Bonchev–Trinajstić information content (AvgIpc) is 2.82. The highest BCUT2D eigenvalue weighted by Gasteiger charge is 2.14. The maximum atomic E-state index is 14.5. The number of benzene rings is 2. The predicted octanol–water partition coefficient (Wildman–Crippen LogP) is 3.63. The number of nitrogens with two attached hydrogens (primary N) is 1. The van der Waals surface area contributed by atoms with Crippen molar-refractivity contribution in [2.24, 2.45) is 5.73 Å². The molecule has 3 rings (SSSR count). The fourth-order valence-electron chi connectivity index (χ4n) is 3.52. The molecule has 0 amide bonds.